The number of benzene rings is 1. The van der Waals surface area contributed by atoms with Crippen LogP contribution in [0.2, 0.25) is 0 Å². The molecule has 6 heteroatoms. The van der Waals surface area contributed by atoms with Crippen LogP contribution in [0.4, 0.5) is 0 Å². The van der Waals surface area contributed by atoms with E-state index < -0.39 is 10.0 Å². The molecule has 0 atom stereocenters. The zero-order chi connectivity index (χ0) is 16.3. The Balaban J connectivity index is 1.63. The lowest BCUT2D eigenvalue weighted by Gasteiger charge is -2.06. The Morgan fingerprint density at radius 1 is 1.13 bits per heavy atom. The molecule has 0 spiro atoms. The van der Waals surface area contributed by atoms with Crippen molar-refractivity contribution in [1.29, 1.82) is 0 Å². The molecule has 2 heterocycles. The van der Waals surface area contributed by atoms with Crippen LogP contribution in [-0.4, -0.2) is 8.42 Å². The molecule has 0 unspecified atom stereocenters. The van der Waals surface area contributed by atoms with Gasteiger partial charge in [0.25, 0.3) is 0 Å². The van der Waals surface area contributed by atoms with Crippen LogP contribution in [0, 0.1) is 6.92 Å². The van der Waals surface area contributed by atoms with E-state index in [9.17, 15) is 8.42 Å². The first-order valence-electron chi connectivity index (χ1n) is 7.16. The minimum absolute atomic E-state index is 0.0516. The van der Waals surface area contributed by atoms with Gasteiger partial charge in [0.1, 0.15) is 17.8 Å². The zero-order valence-electron chi connectivity index (χ0n) is 12.7. The van der Waals surface area contributed by atoms with Crippen molar-refractivity contribution in [3.05, 3.63) is 71.9 Å². The monoisotopic (exact) mass is 331 g/mol. The lowest BCUT2D eigenvalue weighted by atomic mass is 10.2. The average Bonchev–Trinajstić information content (AvgIpc) is 3.16. The largest absolute Gasteiger partial charge is 0.472 e. The van der Waals surface area contributed by atoms with Gasteiger partial charge in [-0.3, -0.25) is 0 Å². The molecule has 0 aliphatic rings. The van der Waals surface area contributed by atoms with Crippen LogP contribution in [0.15, 0.2) is 63.8 Å². The summed E-state index contributed by atoms with van der Waals surface area (Å²) in [6.07, 6.45) is 3.13. The van der Waals surface area contributed by atoms with Gasteiger partial charge in [-0.15, -0.1) is 0 Å². The van der Waals surface area contributed by atoms with E-state index in [1.54, 1.807) is 36.8 Å². The second-order valence-electron chi connectivity index (χ2n) is 5.35. The summed E-state index contributed by atoms with van der Waals surface area (Å²) in [5, 5.41) is 0. The van der Waals surface area contributed by atoms with Crippen LogP contribution < -0.4 is 4.72 Å². The number of aryl methyl sites for hydroxylation is 1. The van der Waals surface area contributed by atoms with E-state index in [2.05, 4.69) is 4.72 Å². The average molecular weight is 331 g/mol. The maximum Gasteiger partial charge on any atom is 0.216 e. The Morgan fingerprint density at radius 2 is 2.00 bits per heavy atom. The maximum atomic E-state index is 12.2. The third-order valence-corrected chi connectivity index (χ3v) is 4.67. The van der Waals surface area contributed by atoms with Gasteiger partial charge in [0.15, 0.2) is 0 Å². The van der Waals surface area contributed by atoms with Crippen LogP contribution in [0.3, 0.4) is 0 Å². The fraction of sp³-hybridized carbons (Fsp3) is 0.176. The summed E-state index contributed by atoms with van der Waals surface area (Å²) in [6, 6.07) is 12.8. The van der Waals surface area contributed by atoms with Gasteiger partial charge in [0.05, 0.1) is 24.1 Å². The molecule has 2 aromatic heterocycles. The maximum absolute atomic E-state index is 12.2. The first-order valence-corrected chi connectivity index (χ1v) is 8.81. The fourth-order valence-electron chi connectivity index (χ4n) is 2.29. The second-order valence-corrected chi connectivity index (χ2v) is 7.15. The van der Waals surface area contributed by atoms with E-state index in [0.717, 1.165) is 16.7 Å². The number of sulfonamides is 1. The Bertz CT molecular complexity index is 879. The number of furan rings is 2. The van der Waals surface area contributed by atoms with Gasteiger partial charge in [-0.1, -0.05) is 29.8 Å². The highest BCUT2D eigenvalue weighted by molar-refractivity contribution is 7.88. The summed E-state index contributed by atoms with van der Waals surface area (Å²) in [5.41, 5.74) is 2.61. The highest BCUT2D eigenvalue weighted by Gasteiger charge is 2.13. The molecule has 0 aliphatic carbocycles. The van der Waals surface area contributed by atoms with Crippen LogP contribution >= 0.6 is 0 Å². The fourth-order valence-corrected chi connectivity index (χ4v) is 3.37. The summed E-state index contributed by atoms with van der Waals surface area (Å²) in [5.74, 6) is 1.14. The van der Waals surface area contributed by atoms with Crippen molar-refractivity contribution in [2.24, 2.45) is 0 Å². The highest BCUT2D eigenvalue weighted by atomic mass is 32.2. The van der Waals surface area contributed by atoms with E-state index in [1.165, 1.54) is 0 Å². The quantitative estimate of drug-likeness (QED) is 0.751. The van der Waals surface area contributed by atoms with E-state index in [4.69, 9.17) is 8.83 Å². The van der Waals surface area contributed by atoms with Gasteiger partial charge >= 0.3 is 0 Å². The predicted molar refractivity (Wildman–Crippen MR) is 87.1 cm³/mol. The molecule has 120 valence electrons. The normalized spacial score (nSPS) is 11.7. The summed E-state index contributed by atoms with van der Waals surface area (Å²) in [4.78, 5) is 0. The van der Waals surface area contributed by atoms with Crippen molar-refractivity contribution in [2.45, 2.75) is 19.2 Å². The SMILES string of the molecule is Cc1cccc(CS(=O)(=O)NCc2ccc(-c3ccoc3)o2)c1. The molecule has 0 bridgehead atoms. The smallest absolute Gasteiger partial charge is 0.216 e. The van der Waals surface area contributed by atoms with Crippen molar-refractivity contribution in [3.8, 4) is 11.3 Å². The third kappa shape index (κ3) is 4.12. The van der Waals surface area contributed by atoms with Gasteiger partial charge in [0, 0.05) is 0 Å². The molecular weight excluding hydrogens is 314 g/mol. The summed E-state index contributed by atoms with van der Waals surface area (Å²) < 4.78 is 37.5. The molecule has 1 N–H and O–H groups in total. The summed E-state index contributed by atoms with van der Waals surface area (Å²) >= 11 is 0. The van der Waals surface area contributed by atoms with E-state index in [0.29, 0.717) is 11.5 Å². The van der Waals surface area contributed by atoms with E-state index >= 15 is 0 Å². The van der Waals surface area contributed by atoms with Gasteiger partial charge < -0.3 is 8.83 Å². The van der Waals surface area contributed by atoms with E-state index in [1.807, 2.05) is 25.1 Å². The van der Waals surface area contributed by atoms with Gasteiger partial charge in [-0.25, -0.2) is 13.1 Å². The van der Waals surface area contributed by atoms with Gasteiger partial charge in [0.2, 0.25) is 10.0 Å². The van der Waals surface area contributed by atoms with Crippen molar-refractivity contribution in [3.63, 3.8) is 0 Å². The molecule has 3 aromatic rings. The molecule has 3 rings (SSSR count). The Morgan fingerprint density at radius 3 is 2.74 bits per heavy atom. The van der Waals surface area contributed by atoms with Crippen LogP contribution in [0.25, 0.3) is 11.3 Å². The predicted octanol–water partition coefficient (Wildman–Crippen LogP) is 3.47. The van der Waals surface area contributed by atoms with Gasteiger partial charge in [-0.2, -0.15) is 0 Å². The zero-order valence-corrected chi connectivity index (χ0v) is 13.5. The van der Waals surface area contributed by atoms with Crippen molar-refractivity contribution in [2.75, 3.05) is 0 Å². The van der Waals surface area contributed by atoms with E-state index in [-0.39, 0.29) is 12.3 Å². The first kappa shape index (κ1) is 15.6. The third-order valence-electron chi connectivity index (χ3n) is 3.37. The molecule has 23 heavy (non-hydrogen) atoms. The minimum atomic E-state index is -3.42. The number of hydrogen-bond donors (Lipinski definition) is 1. The van der Waals surface area contributed by atoms with Gasteiger partial charge in [-0.05, 0) is 30.7 Å². The molecule has 0 saturated carbocycles. The summed E-state index contributed by atoms with van der Waals surface area (Å²) in [6.45, 7) is 2.05. The Labute approximate surface area is 135 Å². The molecular formula is C17H17NO4S. The molecule has 1 aromatic carbocycles. The molecule has 0 saturated heterocycles. The number of rotatable bonds is 6. The van der Waals surface area contributed by atoms with Crippen molar-refractivity contribution < 1.29 is 17.3 Å². The van der Waals surface area contributed by atoms with Crippen LogP contribution in [-0.2, 0) is 22.3 Å². The summed E-state index contributed by atoms with van der Waals surface area (Å²) in [7, 11) is -3.42. The Kier molecular flexibility index (Phi) is 4.36. The highest BCUT2D eigenvalue weighted by Crippen LogP contribution is 2.22. The van der Waals surface area contributed by atoms with Crippen molar-refractivity contribution in [1.82, 2.24) is 4.72 Å². The lowest BCUT2D eigenvalue weighted by molar-refractivity contribution is 0.507. The minimum Gasteiger partial charge on any atom is -0.472 e. The molecule has 5 nitrogen and oxygen atoms in total. The standard InChI is InChI=1S/C17H17NO4S/c1-13-3-2-4-14(9-13)12-23(19,20)18-10-16-5-6-17(22-16)15-7-8-21-11-15/h2-9,11,18H,10,12H2,1H3. The number of nitrogens with one attached hydrogen (secondary N) is 1. The van der Waals surface area contributed by atoms with Crippen LogP contribution in [0.1, 0.15) is 16.9 Å². The topological polar surface area (TPSA) is 72.5 Å². The van der Waals surface area contributed by atoms with Crippen molar-refractivity contribution >= 4 is 10.0 Å². The van der Waals surface area contributed by atoms with Crippen LogP contribution in [0.5, 0.6) is 0 Å². The first-order chi connectivity index (χ1) is 11.0. The lowest BCUT2D eigenvalue weighted by Crippen LogP contribution is -2.24. The molecule has 0 amide bonds. The molecule has 0 fully saturated rings. The molecule has 0 aliphatic heterocycles. The second kappa shape index (κ2) is 6.44. The molecule has 0 radical (unpaired) electrons. The Hall–Kier alpha value is -2.31. The number of hydrogen-bond acceptors (Lipinski definition) is 4.